The highest BCUT2D eigenvalue weighted by Crippen LogP contribution is 2.39. The Kier molecular flexibility index (Phi) is 5.92. The van der Waals surface area contributed by atoms with E-state index >= 15 is 0 Å². The van der Waals surface area contributed by atoms with Crippen molar-refractivity contribution in [2.45, 2.75) is 31.7 Å². The van der Waals surface area contributed by atoms with Crippen LogP contribution >= 0.6 is 0 Å². The van der Waals surface area contributed by atoms with E-state index in [1.165, 1.54) is 24.3 Å². The summed E-state index contributed by atoms with van der Waals surface area (Å²) >= 11 is 0. The van der Waals surface area contributed by atoms with Crippen LogP contribution in [-0.2, 0) is 14.3 Å². The molecule has 2 amide bonds. The normalized spacial score (nSPS) is 14.9. The molecule has 0 bridgehead atoms. The molecule has 1 aromatic rings. The van der Waals surface area contributed by atoms with Crippen LogP contribution < -0.4 is 10.6 Å². The standard InChI is InChI=1S/C18H18N4O4/c1-18(11-20,13-4-5-13)22-16(24)10-26-17(25)12-2-6-14(7-3-12)21-15(23)8-9-19/h2-3,6-7,13H,4-5,8,10H2,1H3,(H,21,23)(H,22,24)/t18-/m0/s1. The summed E-state index contributed by atoms with van der Waals surface area (Å²) in [6.07, 6.45) is 1.52. The van der Waals surface area contributed by atoms with E-state index in [2.05, 4.69) is 16.7 Å². The molecule has 1 fully saturated rings. The Morgan fingerprint density at radius 3 is 2.38 bits per heavy atom. The van der Waals surface area contributed by atoms with Crippen molar-refractivity contribution in [1.29, 1.82) is 10.5 Å². The molecule has 134 valence electrons. The number of benzene rings is 1. The molecule has 8 nitrogen and oxygen atoms in total. The van der Waals surface area contributed by atoms with Crippen LogP contribution in [0.5, 0.6) is 0 Å². The number of carbonyl (C=O) groups excluding carboxylic acids is 3. The first kappa shape index (κ1) is 18.9. The molecule has 1 saturated carbocycles. The molecule has 0 radical (unpaired) electrons. The number of nitrogens with one attached hydrogen (secondary N) is 2. The van der Waals surface area contributed by atoms with Gasteiger partial charge in [-0.1, -0.05) is 0 Å². The first-order valence-electron chi connectivity index (χ1n) is 8.04. The van der Waals surface area contributed by atoms with E-state index in [1.807, 2.05) is 0 Å². The Labute approximate surface area is 150 Å². The lowest BCUT2D eigenvalue weighted by molar-refractivity contribution is -0.125. The molecule has 0 aliphatic heterocycles. The van der Waals surface area contributed by atoms with Crippen molar-refractivity contribution in [3.05, 3.63) is 29.8 Å². The van der Waals surface area contributed by atoms with E-state index in [-0.39, 0.29) is 17.9 Å². The van der Waals surface area contributed by atoms with Gasteiger partial charge in [0.25, 0.3) is 5.91 Å². The van der Waals surface area contributed by atoms with E-state index in [4.69, 9.17) is 10.00 Å². The molecule has 1 aromatic carbocycles. The maximum atomic E-state index is 12.0. The minimum atomic E-state index is -0.938. The summed E-state index contributed by atoms with van der Waals surface area (Å²) in [4.78, 5) is 35.2. The van der Waals surface area contributed by atoms with Crippen molar-refractivity contribution in [3.63, 3.8) is 0 Å². The van der Waals surface area contributed by atoms with Crippen LogP contribution in [0.1, 0.15) is 36.5 Å². The largest absolute Gasteiger partial charge is 0.452 e. The SMILES string of the molecule is C[C@@](C#N)(NC(=O)COC(=O)c1ccc(NC(=O)CC#N)cc1)C1CC1. The Bertz CT molecular complexity index is 787. The van der Waals surface area contributed by atoms with Crippen molar-refractivity contribution in [2.24, 2.45) is 5.92 Å². The van der Waals surface area contributed by atoms with Gasteiger partial charge in [-0.15, -0.1) is 0 Å². The van der Waals surface area contributed by atoms with Crippen LogP contribution in [-0.4, -0.2) is 29.9 Å². The predicted octanol–water partition coefficient (Wildman–Crippen LogP) is 1.50. The zero-order valence-corrected chi connectivity index (χ0v) is 14.2. The summed E-state index contributed by atoms with van der Waals surface area (Å²) in [6, 6.07) is 9.68. The topological polar surface area (TPSA) is 132 Å². The summed E-state index contributed by atoms with van der Waals surface area (Å²) in [6.45, 7) is 1.17. The zero-order valence-electron chi connectivity index (χ0n) is 14.2. The van der Waals surface area contributed by atoms with E-state index in [0.717, 1.165) is 12.8 Å². The lowest BCUT2D eigenvalue weighted by atomic mass is 9.98. The van der Waals surface area contributed by atoms with Crippen LogP contribution in [0.4, 0.5) is 5.69 Å². The highest BCUT2D eigenvalue weighted by molar-refractivity contribution is 5.94. The van der Waals surface area contributed by atoms with Crippen LogP contribution in [0.15, 0.2) is 24.3 Å². The molecule has 0 heterocycles. The Morgan fingerprint density at radius 2 is 1.85 bits per heavy atom. The number of carbonyl (C=O) groups is 3. The number of esters is 1. The number of ether oxygens (including phenoxy) is 1. The molecule has 8 heteroatoms. The van der Waals surface area contributed by atoms with Crippen LogP contribution in [0.3, 0.4) is 0 Å². The van der Waals surface area contributed by atoms with Gasteiger partial charge in [-0.3, -0.25) is 9.59 Å². The number of hydrogen-bond acceptors (Lipinski definition) is 6. The second-order valence-electron chi connectivity index (χ2n) is 6.17. The van der Waals surface area contributed by atoms with Gasteiger partial charge in [-0.05, 0) is 49.9 Å². The number of amides is 2. The van der Waals surface area contributed by atoms with Crippen molar-refractivity contribution < 1.29 is 19.1 Å². The fraction of sp³-hybridized carbons (Fsp3) is 0.389. The van der Waals surface area contributed by atoms with Crippen molar-refractivity contribution in [1.82, 2.24) is 5.32 Å². The maximum absolute atomic E-state index is 12.0. The molecule has 1 aliphatic rings. The molecular weight excluding hydrogens is 336 g/mol. The molecule has 2 N–H and O–H groups in total. The Morgan fingerprint density at radius 1 is 1.19 bits per heavy atom. The molecule has 1 aliphatic carbocycles. The van der Waals surface area contributed by atoms with E-state index in [0.29, 0.717) is 5.69 Å². The summed E-state index contributed by atoms with van der Waals surface area (Å²) in [5.74, 6) is -1.54. The average molecular weight is 354 g/mol. The zero-order chi connectivity index (χ0) is 19.2. The van der Waals surface area contributed by atoms with Gasteiger partial charge in [-0.25, -0.2) is 4.79 Å². The molecule has 26 heavy (non-hydrogen) atoms. The minimum absolute atomic E-state index is 0.135. The number of rotatable bonds is 7. The summed E-state index contributed by atoms with van der Waals surface area (Å²) in [5, 5.41) is 22.7. The monoisotopic (exact) mass is 354 g/mol. The Hall–Kier alpha value is -3.39. The molecule has 0 unspecified atom stereocenters. The second kappa shape index (κ2) is 8.13. The average Bonchev–Trinajstić information content (AvgIpc) is 3.46. The summed E-state index contributed by atoms with van der Waals surface area (Å²) < 4.78 is 4.95. The third-order valence-electron chi connectivity index (χ3n) is 4.00. The van der Waals surface area contributed by atoms with Crippen molar-refractivity contribution >= 4 is 23.5 Å². The van der Waals surface area contributed by atoms with E-state index < -0.39 is 29.9 Å². The van der Waals surface area contributed by atoms with Gasteiger partial charge >= 0.3 is 5.97 Å². The van der Waals surface area contributed by atoms with E-state index in [1.54, 1.807) is 13.0 Å². The van der Waals surface area contributed by atoms with Gasteiger partial charge in [0.05, 0.1) is 17.7 Å². The number of nitriles is 2. The predicted molar refractivity (Wildman–Crippen MR) is 90.5 cm³/mol. The molecule has 0 saturated heterocycles. The van der Waals surface area contributed by atoms with Crippen molar-refractivity contribution in [3.8, 4) is 12.1 Å². The fourth-order valence-electron chi connectivity index (χ4n) is 2.39. The highest BCUT2D eigenvalue weighted by Gasteiger charge is 2.43. The van der Waals surface area contributed by atoms with Gasteiger partial charge < -0.3 is 15.4 Å². The fourth-order valence-corrected chi connectivity index (χ4v) is 2.39. The molecule has 2 rings (SSSR count). The number of hydrogen-bond donors (Lipinski definition) is 2. The van der Waals surface area contributed by atoms with Crippen LogP contribution in [0, 0.1) is 28.6 Å². The van der Waals surface area contributed by atoms with Gasteiger partial charge in [0.15, 0.2) is 6.61 Å². The quantitative estimate of drug-likeness (QED) is 0.713. The lowest BCUT2D eigenvalue weighted by Gasteiger charge is -2.22. The van der Waals surface area contributed by atoms with Gasteiger partial charge in [0.1, 0.15) is 12.0 Å². The summed E-state index contributed by atoms with van der Waals surface area (Å²) in [5.41, 5.74) is -0.290. The second-order valence-corrected chi connectivity index (χ2v) is 6.17. The third kappa shape index (κ3) is 5.05. The number of anilines is 1. The summed E-state index contributed by atoms with van der Waals surface area (Å²) in [7, 11) is 0. The maximum Gasteiger partial charge on any atom is 0.338 e. The lowest BCUT2D eigenvalue weighted by Crippen LogP contribution is -2.48. The minimum Gasteiger partial charge on any atom is -0.452 e. The van der Waals surface area contributed by atoms with Crippen LogP contribution in [0.2, 0.25) is 0 Å². The molecule has 1 atom stereocenters. The van der Waals surface area contributed by atoms with Crippen molar-refractivity contribution in [2.75, 3.05) is 11.9 Å². The van der Waals surface area contributed by atoms with Gasteiger partial charge in [0, 0.05) is 5.69 Å². The molecule has 0 aromatic heterocycles. The number of nitrogens with zero attached hydrogens (tertiary/aromatic N) is 2. The smallest absolute Gasteiger partial charge is 0.338 e. The molecular formula is C18H18N4O4. The van der Waals surface area contributed by atoms with Gasteiger partial charge in [0.2, 0.25) is 5.91 Å². The Balaban J connectivity index is 1.84. The van der Waals surface area contributed by atoms with E-state index in [9.17, 15) is 19.6 Å². The van der Waals surface area contributed by atoms with Crippen LogP contribution in [0.25, 0.3) is 0 Å². The van der Waals surface area contributed by atoms with Gasteiger partial charge in [-0.2, -0.15) is 10.5 Å². The third-order valence-corrected chi connectivity index (χ3v) is 4.00. The first-order valence-corrected chi connectivity index (χ1v) is 8.04. The first-order chi connectivity index (χ1) is 12.4. The highest BCUT2D eigenvalue weighted by atomic mass is 16.5. The molecule has 0 spiro atoms.